The van der Waals surface area contributed by atoms with Crippen LogP contribution in [-0.2, 0) is 10.0 Å². The predicted molar refractivity (Wildman–Crippen MR) is 76.9 cm³/mol. The van der Waals surface area contributed by atoms with E-state index >= 15 is 0 Å². The van der Waals surface area contributed by atoms with E-state index in [1.807, 2.05) is 0 Å². The van der Waals surface area contributed by atoms with Crippen molar-refractivity contribution in [1.29, 1.82) is 0 Å². The molecule has 0 amide bonds. The number of thiocarbonyl (C=S) groups is 1. The number of nitrogens with two attached hydrogens (primary N) is 1. The molecule has 2 N–H and O–H groups in total. The van der Waals surface area contributed by atoms with Crippen LogP contribution >= 0.6 is 12.2 Å². The number of hydrogen-bond acceptors (Lipinski definition) is 3. The SMILES string of the molecule is CC1CCC(C(N)=S)(N2CCCCS2(=O)=O)CC1. The van der Waals surface area contributed by atoms with Crippen molar-refractivity contribution < 1.29 is 8.42 Å². The van der Waals surface area contributed by atoms with E-state index in [9.17, 15) is 8.42 Å². The molecule has 1 heterocycles. The first kappa shape index (κ1) is 14.2. The summed E-state index contributed by atoms with van der Waals surface area (Å²) < 4.78 is 26.2. The summed E-state index contributed by atoms with van der Waals surface area (Å²) in [4.78, 5) is 0.361. The molecule has 1 saturated heterocycles. The van der Waals surface area contributed by atoms with Gasteiger partial charge in [-0.05, 0) is 44.4 Å². The molecule has 6 heteroatoms. The highest BCUT2D eigenvalue weighted by atomic mass is 32.2. The van der Waals surface area contributed by atoms with Crippen molar-refractivity contribution in [3.8, 4) is 0 Å². The second-order valence-corrected chi connectivity index (χ2v) is 8.13. The second kappa shape index (κ2) is 5.06. The molecule has 0 bridgehead atoms. The summed E-state index contributed by atoms with van der Waals surface area (Å²) in [6, 6.07) is 0. The van der Waals surface area contributed by atoms with Gasteiger partial charge in [0.1, 0.15) is 0 Å². The summed E-state index contributed by atoms with van der Waals surface area (Å²) >= 11 is 5.22. The molecule has 1 aliphatic heterocycles. The molecule has 0 aromatic carbocycles. The van der Waals surface area contributed by atoms with E-state index in [2.05, 4.69) is 6.92 Å². The van der Waals surface area contributed by atoms with Gasteiger partial charge in [-0.2, -0.15) is 4.31 Å². The van der Waals surface area contributed by atoms with E-state index in [4.69, 9.17) is 18.0 Å². The minimum absolute atomic E-state index is 0.243. The predicted octanol–water partition coefficient (Wildman–Crippen LogP) is 1.65. The number of nitrogens with zero attached hydrogens (tertiary/aromatic N) is 1. The lowest BCUT2D eigenvalue weighted by atomic mass is 9.77. The Balaban J connectivity index is 2.33. The smallest absolute Gasteiger partial charge is 0.214 e. The van der Waals surface area contributed by atoms with Gasteiger partial charge in [-0.25, -0.2) is 8.42 Å². The molecule has 0 spiro atoms. The first-order chi connectivity index (χ1) is 8.38. The zero-order valence-electron chi connectivity index (χ0n) is 10.9. The highest BCUT2D eigenvalue weighted by molar-refractivity contribution is 7.89. The van der Waals surface area contributed by atoms with Crippen molar-refractivity contribution in [3.05, 3.63) is 0 Å². The van der Waals surface area contributed by atoms with Crippen LogP contribution in [0.2, 0.25) is 0 Å². The Kier molecular flexibility index (Phi) is 3.99. The van der Waals surface area contributed by atoms with Gasteiger partial charge in [0.15, 0.2) is 0 Å². The van der Waals surface area contributed by atoms with Crippen LogP contribution in [0.3, 0.4) is 0 Å². The van der Waals surface area contributed by atoms with Gasteiger partial charge in [0.25, 0.3) is 0 Å². The number of hydrogen-bond donors (Lipinski definition) is 1. The summed E-state index contributed by atoms with van der Waals surface area (Å²) in [6.45, 7) is 2.78. The molecule has 2 rings (SSSR count). The van der Waals surface area contributed by atoms with Crippen molar-refractivity contribution in [3.63, 3.8) is 0 Å². The molecule has 0 aromatic rings. The summed E-state index contributed by atoms with van der Waals surface area (Å²) in [7, 11) is -3.18. The lowest BCUT2D eigenvalue weighted by molar-refractivity contribution is 0.166. The third-order valence-electron chi connectivity index (χ3n) is 4.39. The maximum atomic E-state index is 12.3. The van der Waals surface area contributed by atoms with Crippen molar-refractivity contribution in [2.75, 3.05) is 12.3 Å². The topological polar surface area (TPSA) is 63.4 Å². The van der Waals surface area contributed by atoms with Gasteiger partial charge >= 0.3 is 0 Å². The second-order valence-electron chi connectivity index (χ2n) is 5.67. The van der Waals surface area contributed by atoms with Crippen LogP contribution in [0.1, 0.15) is 45.4 Å². The van der Waals surface area contributed by atoms with Crippen LogP contribution in [-0.4, -0.2) is 35.5 Å². The van der Waals surface area contributed by atoms with E-state index in [1.54, 1.807) is 4.31 Å². The Labute approximate surface area is 115 Å². The van der Waals surface area contributed by atoms with Crippen molar-refractivity contribution in [2.45, 2.75) is 51.0 Å². The quantitative estimate of drug-likeness (QED) is 0.785. The van der Waals surface area contributed by atoms with Crippen molar-refractivity contribution in [2.24, 2.45) is 11.7 Å². The molecule has 0 unspecified atom stereocenters. The molecular weight excluding hydrogens is 268 g/mol. The first-order valence-electron chi connectivity index (χ1n) is 6.69. The summed E-state index contributed by atoms with van der Waals surface area (Å²) in [5.74, 6) is 0.882. The Morgan fingerprint density at radius 3 is 2.44 bits per heavy atom. The standard InChI is InChI=1S/C12H22N2O2S2/c1-10-4-6-12(7-5-10,11(13)17)14-8-2-3-9-18(14,15)16/h10H,2-9H2,1H3,(H2,13,17). The molecule has 104 valence electrons. The third kappa shape index (κ3) is 2.42. The number of rotatable bonds is 2. The fourth-order valence-corrected chi connectivity index (χ4v) is 5.51. The van der Waals surface area contributed by atoms with Crippen LogP contribution < -0.4 is 5.73 Å². The molecule has 2 aliphatic rings. The van der Waals surface area contributed by atoms with Crippen LogP contribution in [0.15, 0.2) is 0 Å². The van der Waals surface area contributed by atoms with Crippen LogP contribution in [0.25, 0.3) is 0 Å². The number of sulfonamides is 1. The normalized spacial score (nSPS) is 37.3. The fraction of sp³-hybridized carbons (Fsp3) is 0.917. The minimum atomic E-state index is -3.18. The van der Waals surface area contributed by atoms with E-state index in [1.165, 1.54) is 0 Å². The van der Waals surface area contributed by atoms with Gasteiger partial charge < -0.3 is 5.73 Å². The maximum Gasteiger partial charge on any atom is 0.214 e. The summed E-state index contributed by atoms with van der Waals surface area (Å²) in [6.07, 6.45) is 5.24. The Hall–Kier alpha value is -0.200. The molecule has 0 atom stereocenters. The zero-order valence-corrected chi connectivity index (χ0v) is 12.5. The molecular formula is C12H22N2O2S2. The lowest BCUT2D eigenvalue weighted by Gasteiger charge is -2.47. The molecule has 1 saturated carbocycles. The Bertz CT molecular complexity index is 425. The van der Waals surface area contributed by atoms with Crippen molar-refractivity contribution >= 4 is 27.2 Å². The van der Waals surface area contributed by atoms with Gasteiger partial charge in [0, 0.05) is 6.54 Å². The Morgan fingerprint density at radius 1 is 1.33 bits per heavy atom. The molecule has 4 nitrogen and oxygen atoms in total. The maximum absolute atomic E-state index is 12.3. The molecule has 18 heavy (non-hydrogen) atoms. The summed E-state index contributed by atoms with van der Waals surface area (Å²) in [5, 5.41) is 0. The average molecular weight is 290 g/mol. The van der Waals surface area contributed by atoms with Crippen LogP contribution in [0.4, 0.5) is 0 Å². The van der Waals surface area contributed by atoms with Gasteiger partial charge in [0.2, 0.25) is 10.0 Å². The van der Waals surface area contributed by atoms with E-state index in [0.29, 0.717) is 17.5 Å². The molecule has 1 aliphatic carbocycles. The van der Waals surface area contributed by atoms with Crippen LogP contribution in [0.5, 0.6) is 0 Å². The molecule has 0 aromatic heterocycles. The van der Waals surface area contributed by atoms with Crippen LogP contribution in [0, 0.1) is 5.92 Å². The molecule has 2 fully saturated rings. The third-order valence-corrected chi connectivity index (χ3v) is 6.77. The van der Waals surface area contributed by atoms with Crippen molar-refractivity contribution in [1.82, 2.24) is 4.31 Å². The fourth-order valence-electron chi connectivity index (χ4n) is 3.13. The zero-order chi connectivity index (χ0) is 13.4. The van der Waals surface area contributed by atoms with Gasteiger partial charge in [0.05, 0.1) is 16.3 Å². The van der Waals surface area contributed by atoms with E-state index in [0.717, 1.165) is 38.5 Å². The van der Waals surface area contributed by atoms with Gasteiger partial charge in [-0.15, -0.1) is 0 Å². The average Bonchev–Trinajstić information content (AvgIpc) is 2.30. The summed E-state index contributed by atoms with van der Waals surface area (Å²) in [5.41, 5.74) is 5.34. The van der Waals surface area contributed by atoms with E-state index in [-0.39, 0.29) is 5.75 Å². The molecule has 0 radical (unpaired) electrons. The van der Waals surface area contributed by atoms with Gasteiger partial charge in [-0.3, -0.25) is 0 Å². The van der Waals surface area contributed by atoms with E-state index < -0.39 is 15.6 Å². The van der Waals surface area contributed by atoms with Gasteiger partial charge in [-0.1, -0.05) is 19.1 Å². The lowest BCUT2D eigenvalue weighted by Crippen LogP contribution is -2.61. The Morgan fingerprint density at radius 2 is 1.94 bits per heavy atom. The highest BCUT2D eigenvalue weighted by Crippen LogP contribution is 2.39. The first-order valence-corrected chi connectivity index (χ1v) is 8.71. The monoisotopic (exact) mass is 290 g/mol. The minimum Gasteiger partial charge on any atom is -0.392 e. The highest BCUT2D eigenvalue weighted by Gasteiger charge is 2.48. The largest absolute Gasteiger partial charge is 0.392 e.